The highest BCUT2D eigenvalue weighted by Gasteiger charge is 2.24. The number of aromatic nitrogens is 5. The summed E-state index contributed by atoms with van der Waals surface area (Å²) in [5, 5.41) is 12.4. The highest BCUT2D eigenvalue weighted by Crippen LogP contribution is 2.29. The molecule has 3 aromatic heterocycles. The minimum absolute atomic E-state index is 0.0332. The second-order valence-corrected chi connectivity index (χ2v) is 9.37. The van der Waals surface area contributed by atoms with Gasteiger partial charge in [-0.3, -0.25) is 4.79 Å². The molecule has 0 N–H and O–H groups in total. The van der Waals surface area contributed by atoms with Crippen molar-refractivity contribution in [3.63, 3.8) is 0 Å². The number of piperidine rings is 1. The quantitative estimate of drug-likeness (QED) is 0.414. The van der Waals surface area contributed by atoms with Crippen LogP contribution in [0, 0.1) is 0 Å². The van der Waals surface area contributed by atoms with E-state index in [0.29, 0.717) is 30.5 Å². The van der Waals surface area contributed by atoms with Gasteiger partial charge >= 0.3 is 0 Å². The first kappa shape index (κ1) is 20.0. The third-order valence-corrected chi connectivity index (χ3v) is 7.20. The number of fused-ring (bicyclic) bond motifs is 1. The average Bonchev–Trinajstić information content (AvgIpc) is 3.48. The van der Waals surface area contributed by atoms with Gasteiger partial charge in [0.15, 0.2) is 10.2 Å². The summed E-state index contributed by atoms with van der Waals surface area (Å²) in [6, 6.07) is 13.5. The molecular formula is C21H20N6O2S2. The largest absolute Gasteiger partial charge is 0.473 e. The van der Waals surface area contributed by atoms with E-state index in [1.54, 1.807) is 28.3 Å². The van der Waals surface area contributed by atoms with Crippen LogP contribution in [0.4, 0.5) is 0 Å². The second-order valence-electron chi connectivity index (χ2n) is 7.11. The van der Waals surface area contributed by atoms with E-state index in [2.05, 4.69) is 26.3 Å². The minimum atomic E-state index is 0.0332. The smallest absolute Gasteiger partial charge is 0.233 e. The zero-order valence-corrected chi connectivity index (χ0v) is 18.3. The van der Waals surface area contributed by atoms with Gasteiger partial charge in [0.2, 0.25) is 11.8 Å². The number of hydrogen-bond acceptors (Lipinski definition) is 8. The Hall–Kier alpha value is -2.98. The zero-order chi connectivity index (χ0) is 21.0. The maximum Gasteiger partial charge on any atom is 0.233 e. The molecule has 31 heavy (non-hydrogen) atoms. The molecule has 1 fully saturated rings. The second kappa shape index (κ2) is 9.03. The van der Waals surface area contributed by atoms with Crippen molar-refractivity contribution in [2.24, 2.45) is 0 Å². The summed E-state index contributed by atoms with van der Waals surface area (Å²) in [5.74, 6) is 1.69. The molecule has 4 aromatic rings. The van der Waals surface area contributed by atoms with Crippen LogP contribution in [-0.4, -0.2) is 60.7 Å². The van der Waals surface area contributed by atoms with Crippen LogP contribution in [-0.2, 0) is 4.79 Å². The number of rotatable bonds is 6. The number of hydrogen-bond donors (Lipinski definition) is 0. The predicted octanol–water partition coefficient (Wildman–Crippen LogP) is 3.43. The molecule has 1 amide bonds. The number of carbonyl (C=O) groups is 1. The molecule has 8 nitrogen and oxygen atoms in total. The van der Waals surface area contributed by atoms with Crippen molar-refractivity contribution >= 4 is 39.2 Å². The van der Waals surface area contributed by atoms with Gasteiger partial charge in [-0.05, 0) is 24.3 Å². The molecule has 1 aromatic carbocycles. The molecule has 5 rings (SSSR count). The molecule has 0 bridgehead atoms. The molecule has 1 saturated heterocycles. The Labute approximate surface area is 187 Å². The van der Waals surface area contributed by atoms with Crippen LogP contribution >= 0.6 is 23.1 Å². The van der Waals surface area contributed by atoms with Gasteiger partial charge in [-0.1, -0.05) is 23.9 Å². The third-order valence-electron chi connectivity index (χ3n) is 5.04. The van der Waals surface area contributed by atoms with Gasteiger partial charge in [-0.2, -0.15) is 5.10 Å². The monoisotopic (exact) mass is 452 g/mol. The first-order valence-corrected chi connectivity index (χ1v) is 11.8. The number of likely N-dealkylation sites (tertiary alicyclic amines) is 1. The molecule has 1 aliphatic rings. The van der Waals surface area contributed by atoms with Crippen LogP contribution < -0.4 is 4.74 Å². The summed E-state index contributed by atoms with van der Waals surface area (Å²) >= 11 is 3.14. The summed E-state index contributed by atoms with van der Waals surface area (Å²) < 4.78 is 9.69. The summed E-state index contributed by atoms with van der Waals surface area (Å²) in [7, 11) is 0. The van der Waals surface area contributed by atoms with Crippen molar-refractivity contribution in [3.8, 4) is 11.7 Å². The Balaban J connectivity index is 1.09. The SMILES string of the molecule is O=C(CSc1nc2ccccc2s1)N1CCC(Oc2ccc(-n3cccn3)nn2)CC1. The molecule has 0 atom stereocenters. The van der Waals surface area contributed by atoms with E-state index in [-0.39, 0.29) is 12.0 Å². The summed E-state index contributed by atoms with van der Waals surface area (Å²) in [5.41, 5.74) is 0.987. The van der Waals surface area contributed by atoms with Crippen LogP contribution in [0.25, 0.3) is 16.0 Å². The molecule has 0 unspecified atom stereocenters. The lowest BCUT2D eigenvalue weighted by molar-refractivity contribution is -0.130. The highest BCUT2D eigenvalue weighted by atomic mass is 32.2. The summed E-state index contributed by atoms with van der Waals surface area (Å²) in [6.45, 7) is 1.37. The zero-order valence-electron chi connectivity index (χ0n) is 16.6. The van der Waals surface area contributed by atoms with E-state index in [4.69, 9.17) is 4.74 Å². The Kier molecular flexibility index (Phi) is 5.81. The number of benzene rings is 1. The number of para-hydroxylation sites is 1. The van der Waals surface area contributed by atoms with E-state index < -0.39 is 0 Å². The lowest BCUT2D eigenvalue weighted by Crippen LogP contribution is -2.42. The topological polar surface area (TPSA) is 86.0 Å². The molecule has 4 heterocycles. The number of ether oxygens (including phenoxy) is 1. The number of amides is 1. The maximum atomic E-state index is 12.6. The van der Waals surface area contributed by atoms with Gasteiger partial charge in [0.05, 0.1) is 16.0 Å². The lowest BCUT2D eigenvalue weighted by Gasteiger charge is -2.31. The standard InChI is InChI=1S/C21H20N6O2S2/c28-20(14-30-21-23-16-4-1-2-5-17(16)31-21)26-12-8-15(9-13-26)29-19-7-6-18(24-25-19)27-11-3-10-22-27/h1-7,10-11,15H,8-9,12-14H2. The van der Waals surface area contributed by atoms with E-state index in [1.165, 1.54) is 11.8 Å². The molecule has 10 heteroatoms. The molecule has 0 radical (unpaired) electrons. The van der Waals surface area contributed by atoms with E-state index in [9.17, 15) is 4.79 Å². The summed E-state index contributed by atoms with van der Waals surface area (Å²) in [4.78, 5) is 19.1. The van der Waals surface area contributed by atoms with Crippen molar-refractivity contribution in [1.82, 2.24) is 29.9 Å². The van der Waals surface area contributed by atoms with Crippen LogP contribution in [0.5, 0.6) is 5.88 Å². The fourth-order valence-electron chi connectivity index (χ4n) is 3.42. The molecule has 0 spiro atoms. The molecule has 158 valence electrons. The maximum absolute atomic E-state index is 12.6. The predicted molar refractivity (Wildman–Crippen MR) is 120 cm³/mol. The molecule has 1 aliphatic heterocycles. The van der Waals surface area contributed by atoms with Crippen molar-refractivity contribution < 1.29 is 9.53 Å². The van der Waals surface area contributed by atoms with Crippen molar-refractivity contribution in [1.29, 1.82) is 0 Å². The van der Waals surface area contributed by atoms with Gasteiger partial charge in [0, 0.05) is 44.4 Å². The Morgan fingerprint density at radius 2 is 2.00 bits per heavy atom. The Bertz CT molecular complexity index is 1120. The van der Waals surface area contributed by atoms with Crippen LogP contribution in [0.2, 0.25) is 0 Å². The number of carbonyl (C=O) groups excluding carboxylic acids is 1. The first-order chi connectivity index (χ1) is 15.2. The fraction of sp³-hybridized carbons (Fsp3) is 0.286. The number of thioether (sulfide) groups is 1. The van der Waals surface area contributed by atoms with Crippen molar-refractivity contribution in [2.75, 3.05) is 18.8 Å². The lowest BCUT2D eigenvalue weighted by atomic mass is 10.1. The van der Waals surface area contributed by atoms with Gasteiger partial charge in [-0.15, -0.1) is 21.5 Å². The van der Waals surface area contributed by atoms with Gasteiger partial charge in [0.1, 0.15) is 6.10 Å². The normalized spacial score (nSPS) is 14.8. The third kappa shape index (κ3) is 4.70. The summed E-state index contributed by atoms with van der Waals surface area (Å²) in [6.07, 6.45) is 5.09. The molecule has 0 saturated carbocycles. The van der Waals surface area contributed by atoms with Gasteiger partial charge in [-0.25, -0.2) is 9.67 Å². The minimum Gasteiger partial charge on any atom is -0.473 e. The van der Waals surface area contributed by atoms with E-state index in [1.807, 2.05) is 41.4 Å². The van der Waals surface area contributed by atoms with Gasteiger partial charge in [0.25, 0.3) is 0 Å². The first-order valence-electron chi connectivity index (χ1n) is 10.0. The Morgan fingerprint density at radius 1 is 1.13 bits per heavy atom. The van der Waals surface area contributed by atoms with Gasteiger partial charge < -0.3 is 9.64 Å². The molecular weight excluding hydrogens is 432 g/mol. The van der Waals surface area contributed by atoms with Crippen LogP contribution in [0.1, 0.15) is 12.8 Å². The van der Waals surface area contributed by atoms with E-state index in [0.717, 1.165) is 27.4 Å². The number of thiazole rings is 1. The average molecular weight is 453 g/mol. The molecule has 0 aliphatic carbocycles. The van der Waals surface area contributed by atoms with Crippen LogP contribution in [0.15, 0.2) is 59.2 Å². The number of nitrogens with zero attached hydrogens (tertiary/aromatic N) is 6. The Morgan fingerprint density at radius 3 is 2.74 bits per heavy atom. The highest BCUT2D eigenvalue weighted by molar-refractivity contribution is 8.01. The van der Waals surface area contributed by atoms with Crippen molar-refractivity contribution in [3.05, 3.63) is 54.9 Å². The van der Waals surface area contributed by atoms with Crippen molar-refractivity contribution in [2.45, 2.75) is 23.3 Å². The van der Waals surface area contributed by atoms with Crippen LogP contribution in [0.3, 0.4) is 0 Å². The fourth-order valence-corrected chi connectivity index (χ4v) is 5.39. The van der Waals surface area contributed by atoms with E-state index >= 15 is 0 Å².